The summed E-state index contributed by atoms with van der Waals surface area (Å²) < 4.78 is 6.72. The lowest BCUT2D eigenvalue weighted by Crippen LogP contribution is -2.48. The highest BCUT2D eigenvalue weighted by atomic mass is 16.5. The molecule has 4 rings (SSSR count). The minimum absolute atomic E-state index is 0.133. The van der Waals surface area contributed by atoms with Crippen LogP contribution in [0.4, 0.5) is 0 Å². The number of fused-ring (bicyclic) bond motifs is 1. The van der Waals surface area contributed by atoms with Gasteiger partial charge in [0.15, 0.2) is 0 Å². The molecule has 2 saturated carbocycles. The molecule has 34 heavy (non-hydrogen) atoms. The highest BCUT2D eigenvalue weighted by molar-refractivity contribution is 5.00. The highest BCUT2D eigenvalue weighted by Gasteiger charge is 2.49. The van der Waals surface area contributed by atoms with Crippen LogP contribution in [0.3, 0.4) is 0 Å². The molecule has 2 saturated heterocycles. The molecule has 3 heteroatoms. The summed E-state index contributed by atoms with van der Waals surface area (Å²) in [5, 5.41) is 15.3. The molecule has 4 fully saturated rings. The van der Waals surface area contributed by atoms with Crippen molar-refractivity contribution < 1.29 is 9.84 Å². The Morgan fingerprint density at radius 2 is 1.71 bits per heavy atom. The van der Waals surface area contributed by atoms with Crippen LogP contribution in [-0.4, -0.2) is 36.0 Å². The molecular weight excluding hydrogens is 418 g/mol. The maximum Gasteiger partial charge on any atom is 0.0726 e. The molecule has 2 aliphatic carbocycles. The molecule has 0 aromatic rings. The highest BCUT2D eigenvalue weighted by Crippen LogP contribution is 2.54. The van der Waals surface area contributed by atoms with Gasteiger partial charge in [0.2, 0.25) is 0 Å². The van der Waals surface area contributed by atoms with Crippen LogP contribution in [-0.2, 0) is 4.74 Å². The van der Waals surface area contributed by atoms with Crippen LogP contribution in [0.2, 0.25) is 0 Å². The van der Waals surface area contributed by atoms with E-state index in [1.807, 2.05) is 0 Å². The van der Waals surface area contributed by atoms with Gasteiger partial charge in [-0.15, -0.1) is 0 Å². The molecule has 11 unspecified atom stereocenters. The fourth-order valence-corrected chi connectivity index (χ4v) is 9.01. The van der Waals surface area contributed by atoms with E-state index in [0.717, 1.165) is 30.2 Å². The molecule has 0 amide bonds. The fourth-order valence-electron chi connectivity index (χ4n) is 9.01. The Kier molecular flexibility index (Phi) is 9.83. The first-order valence-electron chi connectivity index (χ1n) is 15.5. The van der Waals surface area contributed by atoms with Gasteiger partial charge in [0.25, 0.3) is 0 Å². The molecule has 0 aromatic heterocycles. The summed E-state index contributed by atoms with van der Waals surface area (Å²) in [7, 11) is 0. The lowest BCUT2D eigenvalue weighted by atomic mass is 9.62. The average molecular weight is 476 g/mol. The van der Waals surface area contributed by atoms with Crippen LogP contribution in [0.25, 0.3) is 0 Å². The SMILES string of the molecule is CCC1CCC2C1CCC(CCCC(CC)C1OC(C(C)C)CCC1C)C2C(O)C1CCCN1. The Labute approximate surface area is 211 Å². The number of rotatable bonds is 10. The molecule has 0 spiro atoms. The van der Waals surface area contributed by atoms with Crippen molar-refractivity contribution in [3.63, 3.8) is 0 Å². The van der Waals surface area contributed by atoms with Gasteiger partial charge >= 0.3 is 0 Å². The van der Waals surface area contributed by atoms with Crippen LogP contribution in [0.1, 0.15) is 118 Å². The second-order valence-electron chi connectivity index (χ2n) is 13.2. The summed E-state index contributed by atoms with van der Waals surface area (Å²) in [6.07, 6.45) is 17.8. The van der Waals surface area contributed by atoms with Gasteiger partial charge in [0, 0.05) is 6.04 Å². The van der Waals surface area contributed by atoms with Gasteiger partial charge in [-0.25, -0.2) is 0 Å². The van der Waals surface area contributed by atoms with Crippen molar-refractivity contribution in [2.24, 2.45) is 47.3 Å². The summed E-state index contributed by atoms with van der Waals surface area (Å²) in [6.45, 7) is 13.0. The van der Waals surface area contributed by atoms with E-state index in [1.165, 1.54) is 83.5 Å². The zero-order valence-electron chi connectivity index (χ0n) is 23.2. The van der Waals surface area contributed by atoms with E-state index in [2.05, 4.69) is 39.9 Å². The van der Waals surface area contributed by atoms with E-state index < -0.39 is 0 Å². The minimum Gasteiger partial charge on any atom is -0.391 e. The first kappa shape index (κ1) is 26.9. The van der Waals surface area contributed by atoms with Crippen molar-refractivity contribution in [3.8, 4) is 0 Å². The average Bonchev–Trinajstić information content (AvgIpc) is 3.51. The Morgan fingerprint density at radius 3 is 2.38 bits per heavy atom. The Balaban J connectivity index is 1.38. The quantitative estimate of drug-likeness (QED) is 0.350. The van der Waals surface area contributed by atoms with Crippen molar-refractivity contribution in [2.45, 2.75) is 142 Å². The first-order valence-corrected chi connectivity index (χ1v) is 15.5. The third-order valence-electron chi connectivity index (χ3n) is 11.0. The van der Waals surface area contributed by atoms with Gasteiger partial charge < -0.3 is 15.2 Å². The van der Waals surface area contributed by atoms with Gasteiger partial charge in [-0.3, -0.25) is 0 Å². The molecule has 3 nitrogen and oxygen atoms in total. The van der Waals surface area contributed by atoms with Gasteiger partial charge in [-0.1, -0.05) is 60.3 Å². The number of hydrogen-bond acceptors (Lipinski definition) is 3. The predicted octanol–water partition coefficient (Wildman–Crippen LogP) is 7.21. The molecule has 2 aliphatic heterocycles. The third kappa shape index (κ3) is 5.88. The van der Waals surface area contributed by atoms with Crippen LogP contribution in [0, 0.1) is 47.3 Å². The molecule has 2 heterocycles. The van der Waals surface area contributed by atoms with Crippen LogP contribution in [0.5, 0.6) is 0 Å². The van der Waals surface area contributed by atoms with Crippen molar-refractivity contribution in [2.75, 3.05) is 6.54 Å². The molecule has 4 aliphatic rings. The van der Waals surface area contributed by atoms with Gasteiger partial charge in [0.1, 0.15) is 0 Å². The summed E-state index contributed by atoms with van der Waals surface area (Å²) in [5.41, 5.74) is 0. The van der Waals surface area contributed by atoms with Crippen LogP contribution >= 0.6 is 0 Å². The second kappa shape index (κ2) is 12.4. The Bertz CT molecular complexity index is 602. The smallest absolute Gasteiger partial charge is 0.0726 e. The molecule has 0 radical (unpaired) electrons. The van der Waals surface area contributed by atoms with E-state index >= 15 is 0 Å². The van der Waals surface area contributed by atoms with Crippen molar-refractivity contribution in [1.82, 2.24) is 5.32 Å². The fraction of sp³-hybridized carbons (Fsp3) is 1.00. The van der Waals surface area contributed by atoms with Crippen LogP contribution in [0.15, 0.2) is 0 Å². The maximum atomic E-state index is 11.6. The van der Waals surface area contributed by atoms with E-state index in [0.29, 0.717) is 41.9 Å². The predicted molar refractivity (Wildman–Crippen MR) is 143 cm³/mol. The minimum atomic E-state index is -0.133. The summed E-state index contributed by atoms with van der Waals surface area (Å²) >= 11 is 0. The lowest BCUT2D eigenvalue weighted by molar-refractivity contribution is -0.124. The summed E-state index contributed by atoms with van der Waals surface area (Å²) in [4.78, 5) is 0. The first-order chi connectivity index (χ1) is 16.4. The number of aliphatic hydroxyl groups excluding tert-OH is 1. The number of aliphatic hydroxyl groups is 1. The Morgan fingerprint density at radius 1 is 0.941 bits per heavy atom. The van der Waals surface area contributed by atoms with E-state index in [1.54, 1.807) is 0 Å². The number of nitrogens with one attached hydrogen (secondary N) is 1. The standard InChI is InChI=1S/C31H57NO2/c1-6-22-14-17-26-25(22)16-15-24(29(26)30(33)27-12-9-19-32-27)11-8-10-23(7-2)31-21(5)13-18-28(34-31)20(3)4/h20-33H,6-19H2,1-5H3. The van der Waals surface area contributed by atoms with Crippen molar-refractivity contribution in [3.05, 3.63) is 0 Å². The van der Waals surface area contributed by atoms with Crippen molar-refractivity contribution >= 4 is 0 Å². The van der Waals surface area contributed by atoms with Gasteiger partial charge in [-0.05, 0) is 112 Å². The van der Waals surface area contributed by atoms with Crippen molar-refractivity contribution in [1.29, 1.82) is 0 Å². The van der Waals surface area contributed by atoms with E-state index in [-0.39, 0.29) is 6.10 Å². The maximum absolute atomic E-state index is 11.6. The number of hydrogen-bond donors (Lipinski definition) is 2. The van der Waals surface area contributed by atoms with Crippen LogP contribution < -0.4 is 5.32 Å². The largest absolute Gasteiger partial charge is 0.391 e. The van der Waals surface area contributed by atoms with E-state index in [9.17, 15) is 5.11 Å². The molecule has 0 aromatic carbocycles. The molecule has 198 valence electrons. The monoisotopic (exact) mass is 475 g/mol. The molecular formula is C31H57NO2. The van der Waals surface area contributed by atoms with Gasteiger partial charge in [0.05, 0.1) is 18.3 Å². The lowest BCUT2D eigenvalue weighted by Gasteiger charge is -2.46. The third-order valence-corrected chi connectivity index (χ3v) is 11.0. The van der Waals surface area contributed by atoms with Gasteiger partial charge in [-0.2, -0.15) is 0 Å². The normalized spacial score (nSPS) is 42.6. The zero-order valence-corrected chi connectivity index (χ0v) is 23.2. The number of ether oxygens (including phenoxy) is 1. The second-order valence-corrected chi connectivity index (χ2v) is 13.2. The summed E-state index contributed by atoms with van der Waals surface area (Å²) in [6, 6.07) is 0.347. The summed E-state index contributed by atoms with van der Waals surface area (Å²) in [5.74, 6) is 5.85. The zero-order chi connectivity index (χ0) is 24.2. The topological polar surface area (TPSA) is 41.5 Å². The molecule has 0 bridgehead atoms. The molecule has 11 atom stereocenters. The Hall–Kier alpha value is -0.120. The van der Waals surface area contributed by atoms with E-state index in [4.69, 9.17) is 4.74 Å². The molecule has 2 N–H and O–H groups in total.